The van der Waals surface area contributed by atoms with Crippen LogP contribution in [0.5, 0.6) is 0 Å². The molecule has 1 heterocycles. The Balaban J connectivity index is 1.92. The number of nitrogens with one attached hydrogen (secondary N) is 1. The van der Waals surface area contributed by atoms with Crippen LogP contribution in [0.3, 0.4) is 0 Å². The van der Waals surface area contributed by atoms with Crippen molar-refractivity contribution in [3.8, 4) is 0 Å². The van der Waals surface area contributed by atoms with Crippen molar-refractivity contribution < 1.29 is 14.3 Å². The van der Waals surface area contributed by atoms with Gasteiger partial charge in [0.15, 0.2) is 0 Å². The minimum atomic E-state index is -0.345. The van der Waals surface area contributed by atoms with Crippen LogP contribution in [0.1, 0.15) is 43.5 Å². The van der Waals surface area contributed by atoms with E-state index in [9.17, 15) is 9.59 Å². The summed E-state index contributed by atoms with van der Waals surface area (Å²) in [6.07, 6.45) is 3.57. The van der Waals surface area contributed by atoms with Crippen LogP contribution in [0, 0.1) is 0 Å². The molecule has 1 N–H and O–H groups in total. The first kappa shape index (κ1) is 16.5. The predicted molar refractivity (Wildman–Crippen MR) is 85.9 cm³/mol. The summed E-state index contributed by atoms with van der Waals surface area (Å²) in [5, 5.41) is 2.90. The highest BCUT2D eigenvalue weighted by molar-refractivity contribution is 5.95. The Bertz CT molecular complexity index is 507. The summed E-state index contributed by atoms with van der Waals surface area (Å²) in [6, 6.07) is 6.66. The van der Waals surface area contributed by atoms with Crippen LogP contribution in [0.2, 0.25) is 0 Å². The van der Waals surface area contributed by atoms with Crippen LogP contribution in [0.4, 0.5) is 5.69 Å². The Labute approximate surface area is 131 Å². The molecule has 1 aromatic rings. The van der Waals surface area contributed by atoms with Crippen LogP contribution in [-0.4, -0.2) is 42.5 Å². The maximum atomic E-state index is 12.3. The molecule has 1 amide bonds. The lowest BCUT2D eigenvalue weighted by Gasteiger charge is -2.31. The number of amides is 1. The monoisotopic (exact) mass is 304 g/mol. The van der Waals surface area contributed by atoms with Crippen molar-refractivity contribution >= 4 is 17.6 Å². The first-order valence-corrected chi connectivity index (χ1v) is 7.94. The van der Waals surface area contributed by atoms with E-state index in [4.69, 9.17) is 4.74 Å². The van der Waals surface area contributed by atoms with Crippen LogP contribution in [-0.2, 0) is 9.53 Å². The third kappa shape index (κ3) is 4.31. The van der Waals surface area contributed by atoms with Crippen molar-refractivity contribution in [1.29, 1.82) is 0 Å². The van der Waals surface area contributed by atoms with E-state index < -0.39 is 0 Å². The Morgan fingerprint density at radius 2 is 1.82 bits per heavy atom. The van der Waals surface area contributed by atoms with E-state index >= 15 is 0 Å². The molecule has 1 fully saturated rings. The molecule has 120 valence electrons. The zero-order chi connectivity index (χ0) is 15.9. The molecule has 0 bridgehead atoms. The van der Waals surface area contributed by atoms with Crippen LogP contribution in [0.25, 0.3) is 0 Å². The van der Waals surface area contributed by atoms with Crippen molar-refractivity contribution in [3.63, 3.8) is 0 Å². The summed E-state index contributed by atoms with van der Waals surface area (Å²) in [5.74, 6) is -0.354. The molecule has 1 saturated heterocycles. The molecular formula is C17H24N2O3. The summed E-state index contributed by atoms with van der Waals surface area (Å²) < 4.78 is 4.93. The van der Waals surface area contributed by atoms with E-state index in [0.717, 1.165) is 25.9 Å². The fourth-order valence-corrected chi connectivity index (χ4v) is 2.62. The summed E-state index contributed by atoms with van der Waals surface area (Å²) in [7, 11) is 0. The highest BCUT2D eigenvalue weighted by Crippen LogP contribution is 2.15. The fraction of sp³-hybridized carbons (Fsp3) is 0.529. The van der Waals surface area contributed by atoms with E-state index in [0.29, 0.717) is 17.9 Å². The van der Waals surface area contributed by atoms with Gasteiger partial charge in [-0.25, -0.2) is 4.79 Å². The Morgan fingerprint density at radius 1 is 1.18 bits per heavy atom. The highest BCUT2D eigenvalue weighted by atomic mass is 16.5. The molecule has 1 aliphatic rings. The molecule has 1 aromatic carbocycles. The van der Waals surface area contributed by atoms with E-state index in [-0.39, 0.29) is 17.9 Å². The van der Waals surface area contributed by atoms with Gasteiger partial charge in [-0.1, -0.05) is 6.42 Å². The average Bonchev–Trinajstić information content (AvgIpc) is 2.55. The summed E-state index contributed by atoms with van der Waals surface area (Å²) in [6.45, 7) is 6.03. The van der Waals surface area contributed by atoms with Crippen molar-refractivity contribution in [3.05, 3.63) is 29.8 Å². The molecule has 1 unspecified atom stereocenters. The van der Waals surface area contributed by atoms with Gasteiger partial charge in [0.2, 0.25) is 5.91 Å². The van der Waals surface area contributed by atoms with E-state index in [2.05, 4.69) is 10.2 Å². The Morgan fingerprint density at radius 3 is 2.41 bits per heavy atom. The van der Waals surface area contributed by atoms with Gasteiger partial charge in [0.1, 0.15) is 0 Å². The quantitative estimate of drug-likeness (QED) is 0.850. The molecule has 1 aliphatic heterocycles. The van der Waals surface area contributed by atoms with Gasteiger partial charge in [-0.15, -0.1) is 0 Å². The lowest BCUT2D eigenvalue weighted by Crippen LogP contribution is -2.44. The second-order valence-corrected chi connectivity index (χ2v) is 5.56. The molecule has 2 rings (SSSR count). The van der Waals surface area contributed by atoms with Gasteiger partial charge in [0.25, 0.3) is 0 Å². The van der Waals surface area contributed by atoms with Crippen LogP contribution < -0.4 is 5.32 Å². The maximum absolute atomic E-state index is 12.3. The van der Waals surface area contributed by atoms with E-state index in [1.165, 1.54) is 6.42 Å². The molecule has 22 heavy (non-hydrogen) atoms. The molecule has 0 saturated carbocycles. The molecule has 5 nitrogen and oxygen atoms in total. The summed E-state index contributed by atoms with van der Waals surface area (Å²) in [5.41, 5.74) is 1.19. The Kier molecular flexibility index (Phi) is 5.95. The van der Waals surface area contributed by atoms with Crippen molar-refractivity contribution in [2.75, 3.05) is 25.0 Å². The molecule has 0 aliphatic carbocycles. The molecule has 5 heteroatoms. The molecular weight excluding hydrogens is 280 g/mol. The number of benzene rings is 1. The zero-order valence-corrected chi connectivity index (χ0v) is 13.3. The maximum Gasteiger partial charge on any atom is 0.338 e. The first-order chi connectivity index (χ1) is 10.6. The van der Waals surface area contributed by atoms with Gasteiger partial charge in [-0.3, -0.25) is 9.69 Å². The van der Waals surface area contributed by atoms with E-state index in [1.807, 2.05) is 6.92 Å². The van der Waals surface area contributed by atoms with Crippen LogP contribution >= 0.6 is 0 Å². The lowest BCUT2D eigenvalue weighted by molar-refractivity contribution is -0.121. The SMILES string of the molecule is CCOC(=O)c1ccc(NC(=O)C(C)N2CCCCC2)cc1. The molecule has 0 aromatic heterocycles. The topological polar surface area (TPSA) is 58.6 Å². The third-order valence-corrected chi connectivity index (χ3v) is 3.98. The van der Waals surface area contributed by atoms with Gasteiger partial charge in [0, 0.05) is 5.69 Å². The fourth-order valence-electron chi connectivity index (χ4n) is 2.62. The van der Waals surface area contributed by atoms with Gasteiger partial charge < -0.3 is 10.1 Å². The van der Waals surface area contributed by atoms with E-state index in [1.54, 1.807) is 31.2 Å². The number of hydrogen-bond donors (Lipinski definition) is 1. The number of carbonyl (C=O) groups excluding carboxylic acids is 2. The van der Waals surface area contributed by atoms with Crippen LogP contribution in [0.15, 0.2) is 24.3 Å². The minimum absolute atomic E-state index is 0.00853. The largest absolute Gasteiger partial charge is 0.462 e. The smallest absolute Gasteiger partial charge is 0.338 e. The van der Waals surface area contributed by atoms with Gasteiger partial charge in [-0.2, -0.15) is 0 Å². The van der Waals surface area contributed by atoms with Crippen molar-refractivity contribution in [2.45, 2.75) is 39.2 Å². The number of ether oxygens (including phenoxy) is 1. The number of rotatable bonds is 5. The minimum Gasteiger partial charge on any atom is -0.462 e. The normalized spacial score (nSPS) is 16.8. The zero-order valence-electron chi connectivity index (χ0n) is 13.3. The highest BCUT2D eigenvalue weighted by Gasteiger charge is 2.22. The lowest BCUT2D eigenvalue weighted by atomic mass is 10.1. The number of piperidine rings is 1. The number of likely N-dealkylation sites (tertiary alicyclic amines) is 1. The second-order valence-electron chi connectivity index (χ2n) is 5.56. The summed E-state index contributed by atoms with van der Waals surface area (Å²) >= 11 is 0. The summed E-state index contributed by atoms with van der Waals surface area (Å²) in [4.78, 5) is 26.1. The average molecular weight is 304 g/mol. The molecule has 0 radical (unpaired) electrons. The molecule has 1 atom stereocenters. The van der Waals surface area contributed by atoms with Gasteiger partial charge >= 0.3 is 5.97 Å². The number of nitrogens with zero attached hydrogens (tertiary/aromatic N) is 1. The number of hydrogen-bond acceptors (Lipinski definition) is 4. The van der Waals surface area contributed by atoms with Crippen molar-refractivity contribution in [1.82, 2.24) is 4.90 Å². The predicted octanol–water partition coefficient (Wildman–Crippen LogP) is 2.68. The second kappa shape index (κ2) is 7.94. The standard InChI is InChI=1S/C17H24N2O3/c1-3-22-17(21)14-7-9-15(10-8-14)18-16(20)13(2)19-11-5-4-6-12-19/h7-10,13H,3-6,11-12H2,1-2H3,(H,18,20). The number of esters is 1. The van der Waals surface area contributed by atoms with Gasteiger partial charge in [-0.05, 0) is 64.0 Å². The molecule has 0 spiro atoms. The van der Waals surface area contributed by atoms with Gasteiger partial charge in [0.05, 0.1) is 18.2 Å². The van der Waals surface area contributed by atoms with Crippen molar-refractivity contribution in [2.24, 2.45) is 0 Å². The number of carbonyl (C=O) groups is 2. The Hall–Kier alpha value is -1.88. The first-order valence-electron chi connectivity index (χ1n) is 7.94. The number of anilines is 1. The third-order valence-electron chi connectivity index (χ3n) is 3.98.